The standard InChI is InChI=1S/C6H13NS/c1-3-5-8-6-4-7-2/h4,6-7H,3,5H2,1-2H3/b6-4-. The molecule has 0 aliphatic heterocycles. The zero-order chi connectivity index (χ0) is 6.24. The number of nitrogens with one attached hydrogen (secondary N) is 1. The summed E-state index contributed by atoms with van der Waals surface area (Å²) in [5, 5.41) is 5.00. The minimum atomic E-state index is 1.22. The van der Waals surface area contributed by atoms with Gasteiger partial charge in [0.15, 0.2) is 0 Å². The van der Waals surface area contributed by atoms with Crippen LogP contribution in [0.2, 0.25) is 0 Å². The Morgan fingerprint density at radius 3 is 2.88 bits per heavy atom. The Labute approximate surface area is 55.5 Å². The number of hydrogen-bond acceptors (Lipinski definition) is 2. The summed E-state index contributed by atoms with van der Waals surface area (Å²) in [5.41, 5.74) is 0. The average molecular weight is 131 g/mol. The van der Waals surface area contributed by atoms with Crippen molar-refractivity contribution < 1.29 is 0 Å². The van der Waals surface area contributed by atoms with Crippen LogP contribution in [0.25, 0.3) is 0 Å². The smallest absolute Gasteiger partial charge is 0.00278 e. The zero-order valence-electron chi connectivity index (χ0n) is 5.48. The molecule has 0 fully saturated rings. The molecule has 0 heterocycles. The first-order chi connectivity index (χ1) is 3.91. The van der Waals surface area contributed by atoms with Crippen molar-refractivity contribution in [1.82, 2.24) is 5.32 Å². The van der Waals surface area contributed by atoms with Gasteiger partial charge in [0.05, 0.1) is 0 Å². The molecule has 0 radical (unpaired) electrons. The van der Waals surface area contributed by atoms with E-state index in [0.717, 1.165) is 0 Å². The van der Waals surface area contributed by atoms with E-state index in [9.17, 15) is 0 Å². The van der Waals surface area contributed by atoms with Crippen molar-refractivity contribution in [1.29, 1.82) is 0 Å². The lowest BCUT2D eigenvalue weighted by Crippen LogP contribution is -1.89. The van der Waals surface area contributed by atoms with Gasteiger partial charge in [-0.2, -0.15) is 0 Å². The van der Waals surface area contributed by atoms with Gasteiger partial charge in [-0.1, -0.05) is 6.92 Å². The summed E-state index contributed by atoms with van der Waals surface area (Å²) < 4.78 is 0. The molecule has 0 aromatic heterocycles. The maximum absolute atomic E-state index is 2.93. The van der Waals surface area contributed by atoms with Crippen molar-refractivity contribution in [3.8, 4) is 0 Å². The molecule has 48 valence electrons. The highest BCUT2D eigenvalue weighted by molar-refractivity contribution is 8.02. The molecule has 0 aromatic carbocycles. The largest absolute Gasteiger partial charge is 0.394 e. The molecule has 0 atom stereocenters. The Morgan fingerprint density at radius 1 is 1.62 bits per heavy atom. The van der Waals surface area contributed by atoms with Crippen LogP contribution in [0, 0.1) is 0 Å². The second kappa shape index (κ2) is 6.89. The van der Waals surface area contributed by atoms with Crippen LogP contribution in [0.5, 0.6) is 0 Å². The zero-order valence-corrected chi connectivity index (χ0v) is 6.29. The first-order valence-electron chi connectivity index (χ1n) is 2.85. The molecule has 0 unspecified atom stereocenters. The molecule has 8 heavy (non-hydrogen) atoms. The van der Waals surface area contributed by atoms with E-state index in [1.807, 2.05) is 25.0 Å². The number of thioether (sulfide) groups is 1. The van der Waals surface area contributed by atoms with Crippen molar-refractivity contribution in [3.63, 3.8) is 0 Å². The monoisotopic (exact) mass is 131 g/mol. The van der Waals surface area contributed by atoms with Gasteiger partial charge in [0.25, 0.3) is 0 Å². The van der Waals surface area contributed by atoms with Gasteiger partial charge in [0, 0.05) is 13.2 Å². The Balaban J connectivity index is 2.80. The lowest BCUT2D eigenvalue weighted by molar-refractivity contribution is 1.10. The van der Waals surface area contributed by atoms with Gasteiger partial charge in [-0.25, -0.2) is 0 Å². The Hall–Kier alpha value is -0.110. The third-order valence-corrected chi connectivity index (χ3v) is 1.63. The Kier molecular flexibility index (Phi) is 6.80. The molecule has 0 rings (SSSR count). The molecule has 1 nitrogen and oxygen atoms in total. The van der Waals surface area contributed by atoms with Crippen LogP contribution in [-0.2, 0) is 0 Å². The fourth-order valence-corrected chi connectivity index (χ4v) is 0.906. The van der Waals surface area contributed by atoms with Gasteiger partial charge in [-0.3, -0.25) is 0 Å². The molecule has 0 bridgehead atoms. The van der Waals surface area contributed by atoms with Crippen LogP contribution in [0.4, 0.5) is 0 Å². The molecule has 0 amide bonds. The SMILES string of the molecule is CCCS/C=C\NC. The highest BCUT2D eigenvalue weighted by Crippen LogP contribution is 2.01. The third-order valence-electron chi connectivity index (χ3n) is 0.653. The molecule has 2 heteroatoms. The van der Waals surface area contributed by atoms with E-state index in [-0.39, 0.29) is 0 Å². The molecule has 0 saturated carbocycles. The molecule has 1 N–H and O–H groups in total. The quantitative estimate of drug-likeness (QED) is 0.584. The normalized spacial score (nSPS) is 10.2. The van der Waals surface area contributed by atoms with Crippen LogP contribution < -0.4 is 5.32 Å². The predicted molar refractivity (Wildman–Crippen MR) is 40.9 cm³/mol. The van der Waals surface area contributed by atoms with E-state index in [1.165, 1.54) is 12.2 Å². The van der Waals surface area contributed by atoms with E-state index >= 15 is 0 Å². The second-order valence-electron chi connectivity index (χ2n) is 1.46. The van der Waals surface area contributed by atoms with Crippen LogP contribution in [-0.4, -0.2) is 12.8 Å². The van der Waals surface area contributed by atoms with Crippen LogP contribution in [0.15, 0.2) is 11.6 Å². The van der Waals surface area contributed by atoms with Gasteiger partial charge in [-0.05, 0) is 17.6 Å². The summed E-state index contributed by atoms with van der Waals surface area (Å²) in [7, 11) is 1.91. The van der Waals surface area contributed by atoms with E-state index < -0.39 is 0 Å². The van der Waals surface area contributed by atoms with E-state index in [2.05, 4.69) is 17.6 Å². The molecule has 0 aliphatic carbocycles. The summed E-state index contributed by atoms with van der Waals surface area (Å²) in [6, 6.07) is 0. The molecule has 0 aliphatic rings. The molecular formula is C6H13NS. The Bertz CT molecular complexity index is 61.5. The van der Waals surface area contributed by atoms with Crippen molar-refractivity contribution in [2.45, 2.75) is 13.3 Å². The fourth-order valence-electron chi connectivity index (χ4n) is 0.302. The van der Waals surface area contributed by atoms with Gasteiger partial charge >= 0.3 is 0 Å². The van der Waals surface area contributed by atoms with Crippen molar-refractivity contribution in [3.05, 3.63) is 11.6 Å². The van der Waals surface area contributed by atoms with Crippen LogP contribution in [0.1, 0.15) is 13.3 Å². The maximum atomic E-state index is 2.93. The number of rotatable bonds is 4. The van der Waals surface area contributed by atoms with E-state index in [1.54, 1.807) is 0 Å². The lowest BCUT2D eigenvalue weighted by Gasteiger charge is -1.87. The van der Waals surface area contributed by atoms with Crippen molar-refractivity contribution in [2.75, 3.05) is 12.8 Å². The fraction of sp³-hybridized carbons (Fsp3) is 0.667. The first-order valence-corrected chi connectivity index (χ1v) is 3.90. The lowest BCUT2D eigenvalue weighted by atomic mass is 10.6. The predicted octanol–water partition coefficient (Wildman–Crippen LogP) is 1.82. The van der Waals surface area contributed by atoms with Crippen molar-refractivity contribution in [2.24, 2.45) is 0 Å². The van der Waals surface area contributed by atoms with Gasteiger partial charge < -0.3 is 5.32 Å². The molecule has 0 spiro atoms. The topological polar surface area (TPSA) is 12.0 Å². The summed E-state index contributed by atoms with van der Waals surface area (Å²) in [5.74, 6) is 1.22. The molecular weight excluding hydrogens is 118 g/mol. The van der Waals surface area contributed by atoms with Crippen molar-refractivity contribution >= 4 is 11.8 Å². The Morgan fingerprint density at radius 2 is 2.38 bits per heavy atom. The van der Waals surface area contributed by atoms with Crippen LogP contribution in [0.3, 0.4) is 0 Å². The summed E-state index contributed by atoms with van der Waals surface area (Å²) in [6.07, 6.45) is 3.19. The van der Waals surface area contributed by atoms with Gasteiger partial charge in [0.2, 0.25) is 0 Å². The molecule has 0 aromatic rings. The summed E-state index contributed by atoms with van der Waals surface area (Å²) >= 11 is 1.83. The third kappa shape index (κ3) is 5.89. The summed E-state index contributed by atoms with van der Waals surface area (Å²) in [4.78, 5) is 0. The van der Waals surface area contributed by atoms with E-state index in [4.69, 9.17) is 0 Å². The van der Waals surface area contributed by atoms with Gasteiger partial charge in [0.1, 0.15) is 0 Å². The second-order valence-corrected chi connectivity index (χ2v) is 2.48. The highest BCUT2D eigenvalue weighted by Gasteiger charge is 1.74. The maximum Gasteiger partial charge on any atom is 0.00278 e. The average Bonchev–Trinajstić information content (AvgIpc) is 1.81. The van der Waals surface area contributed by atoms with Gasteiger partial charge in [-0.15, -0.1) is 11.8 Å². The minimum absolute atomic E-state index is 1.22. The number of hydrogen-bond donors (Lipinski definition) is 1. The highest BCUT2D eigenvalue weighted by atomic mass is 32.2. The minimum Gasteiger partial charge on any atom is -0.394 e. The summed E-state index contributed by atoms with van der Waals surface area (Å²) in [6.45, 7) is 2.18. The first kappa shape index (κ1) is 7.89. The van der Waals surface area contributed by atoms with E-state index in [0.29, 0.717) is 0 Å². The molecule has 0 saturated heterocycles. The van der Waals surface area contributed by atoms with Crippen LogP contribution >= 0.6 is 11.8 Å².